The maximum atomic E-state index is 5.65. The fourth-order valence-corrected chi connectivity index (χ4v) is 2.44. The highest BCUT2D eigenvalue weighted by molar-refractivity contribution is 7.71. The largest absolute Gasteiger partial charge is 0.376 e. The molecule has 1 saturated heterocycles. The normalized spacial score (nSPS) is 19.5. The molecule has 0 amide bonds. The topological polar surface area (TPSA) is 60.7 Å². The molecule has 0 bridgehead atoms. The van der Waals surface area contributed by atoms with Gasteiger partial charge in [0.05, 0.1) is 24.4 Å². The molecule has 6 nitrogen and oxygen atoms in total. The Hall–Kier alpha value is -1.47. The number of aromatic nitrogens is 5. The molecule has 2 aromatic rings. The first-order valence-corrected chi connectivity index (χ1v) is 6.40. The van der Waals surface area contributed by atoms with Gasteiger partial charge in [-0.15, -0.1) is 0 Å². The Labute approximate surface area is 110 Å². The minimum atomic E-state index is 0.240. The van der Waals surface area contributed by atoms with Gasteiger partial charge in [0.25, 0.3) is 0 Å². The van der Waals surface area contributed by atoms with E-state index in [-0.39, 0.29) is 6.10 Å². The maximum absolute atomic E-state index is 5.65. The Kier molecular flexibility index (Phi) is 3.00. The summed E-state index contributed by atoms with van der Waals surface area (Å²) < 4.78 is 10.0. The fourth-order valence-electron chi connectivity index (χ4n) is 2.24. The molecule has 2 aromatic heterocycles. The smallest absolute Gasteiger partial charge is 0.195 e. The van der Waals surface area contributed by atoms with E-state index in [9.17, 15) is 0 Å². The van der Waals surface area contributed by atoms with Crippen LogP contribution >= 0.6 is 12.2 Å². The fraction of sp³-hybridized carbons (Fsp3) is 0.545. The number of H-pyrrole nitrogens is 1. The van der Waals surface area contributed by atoms with Gasteiger partial charge in [0.1, 0.15) is 0 Å². The highest BCUT2D eigenvalue weighted by Gasteiger charge is 2.19. The lowest BCUT2D eigenvalue weighted by Crippen LogP contribution is -2.15. The maximum Gasteiger partial charge on any atom is 0.195 e. The third-order valence-electron chi connectivity index (χ3n) is 3.13. The Morgan fingerprint density at radius 2 is 2.50 bits per heavy atom. The summed E-state index contributed by atoms with van der Waals surface area (Å²) in [6, 6.07) is 0. The average molecular weight is 265 g/mol. The Balaban J connectivity index is 1.93. The van der Waals surface area contributed by atoms with Gasteiger partial charge in [0, 0.05) is 19.9 Å². The van der Waals surface area contributed by atoms with Gasteiger partial charge in [0.15, 0.2) is 10.6 Å². The predicted molar refractivity (Wildman–Crippen MR) is 68.6 cm³/mol. The molecule has 1 fully saturated rings. The second kappa shape index (κ2) is 4.66. The third kappa shape index (κ3) is 2.11. The highest BCUT2D eigenvalue weighted by Crippen LogP contribution is 2.20. The van der Waals surface area contributed by atoms with E-state index in [0.29, 0.717) is 4.77 Å². The van der Waals surface area contributed by atoms with Crippen molar-refractivity contribution in [1.29, 1.82) is 0 Å². The van der Waals surface area contributed by atoms with Crippen LogP contribution in [0.25, 0.3) is 11.4 Å². The molecule has 1 N–H and O–H groups in total. The summed E-state index contributed by atoms with van der Waals surface area (Å²) in [6.07, 6.45) is 6.16. The van der Waals surface area contributed by atoms with Crippen molar-refractivity contribution in [2.24, 2.45) is 7.05 Å². The lowest BCUT2D eigenvalue weighted by Gasteiger charge is -2.11. The van der Waals surface area contributed by atoms with E-state index in [4.69, 9.17) is 17.0 Å². The van der Waals surface area contributed by atoms with Crippen molar-refractivity contribution in [3.8, 4) is 11.4 Å². The number of aryl methyl sites for hydroxylation is 1. The van der Waals surface area contributed by atoms with Crippen LogP contribution in [0.3, 0.4) is 0 Å². The van der Waals surface area contributed by atoms with Gasteiger partial charge in [-0.2, -0.15) is 10.2 Å². The SMILES string of the molecule is Cn1cc(-c2n[nH]c(=S)n2CC2CCCO2)cn1. The average Bonchev–Trinajstić information content (AvgIpc) is 3.04. The number of ether oxygens (including phenoxy) is 1. The molecule has 0 radical (unpaired) electrons. The Morgan fingerprint density at radius 3 is 3.17 bits per heavy atom. The molecule has 1 aliphatic rings. The second-order valence-electron chi connectivity index (χ2n) is 4.50. The number of hydrogen-bond donors (Lipinski definition) is 1. The van der Waals surface area contributed by atoms with E-state index in [1.165, 1.54) is 0 Å². The van der Waals surface area contributed by atoms with Crippen LogP contribution in [0.5, 0.6) is 0 Å². The number of nitrogens with zero attached hydrogens (tertiary/aromatic N) is 4. The third-order valence-corrected chi connectivity index (χ3v) is 3.44. The van der Waals surface area contributed by atoms with Crippen LogP contribution in [-0.4, -0.2) is 37.3 Å². The zero-order valence-corrected chi connectivity index (χ0v) is 11.0. The second-order valence-corrected chi connectivity index (χ2v) is 4.89. The molecule has 0 aromatic carbocycles. The molecular formula is C11H15N5OS. The first-order chi connectivity index (χ1) is 8.74. The van der Waals surface area contributed by atoms with Crippen molar-refractivity contribution >= 4 is 12.2 Å². The van der Waals surface area contributed by atoms with E-state index in [1.807, 2.05) is 17.8 Å². The quantitative estimate of drug-likeness (QED) is 0.855. The van der Waals surface area contributed by atoms with E-state index in [1.54, 1.807) is 10.9 Å². The molecular weight excluding hydrogens is 250 g/mol. The first-order valence-electron chi connectivity index (χ1n) is 6.00. The van der Waals surface area contributed by atoms with Crippen LogP contribution in [0.1, 0.15) is 12.8 Å². The van der Waals surface area contributed by atoms with Gasteiger partial charge in [-0.3, -0.25) is 14.3 Å². The molecule has 3 heterocycles. The summed E-state index contributed by atoms with van der Waals surface area (Å²) in [5.41, 5.74) is 0.961. The van der Waals surface area contributed by atoms with Crippen molar-refractivity contribution in [2.45, 2.75) is 25.5 Å². The summed E-state index contributed by atoms with van der Waals surface area (Å²) in [5, 5.41) is 11.3. The molecule has 7 heteroatoms. The number of aromatic amines is 1. The predicted octanol–water partition coefficient (Wildman–Crippen LogP) is 1.52. The summed E-state index contributed by atoms with van der Waals surface area (Å²) in [6.45, 7) is 1.59. The monoisotopic (exact) mass is 265 g/mol. The molecule has 1 atom stereocenters. The number of rotatable bonds is 3. The molecule has 18 heavy (non-hydrogen) atoms. The van der Waals surface area contributed by atoms with E-state index < -0.39 is 0 Å². The minimum Gasteiger partial charge on any atom is -0.376 e. The molecule has 1 unspecified atom stereocenters. The Bertz CT molecular complexity index is 593. The van der Waals surface area contributed by atoms with Crippen molar-refractivity contribution in [3.05, 3.63) is 17.2 Å². The Morgan fingerprint density at radius 1 is 1.61 bits per heavy atom. The number of nitrogens with one attached hydrogen (secondary N) is 1. The molecule has 0 saturated carbocycles. The van der Waals surface area contributed by atoms with Crippen molar-refractivity contribution < 1.29 is 4.74 Å². The summed E-state index contributed by atoms with van der Waals surface area (Å²) in [5.74, 6) is 0.823. The molecule has 0 spiro atoms. The van der Waals surface area contributed by atoms with Crippen molar-refractivity contribution in [1.82, 2.24) is 24.5 Å². The molecule has 0 aliphatic carbocycles. The zero-order valence-electron chi connectivity index (χ0n) is 10.2. The van der Waals surface area contributed by atoms with Gasteiger partial charge < -0.3 is 4.74 Å². The van der Waals surface area contributed by atoms with Gasteiger partial charge in [0.2, 0.25) is 0 Å². The van der Waals surface area contributed by atoms with Crippen LogP contribution in [0, 0.1) is 4.77 Å². The molecule has 96 valence electrons. The summed E-state index contributed by atoms with van der Waals surface area (Å²) in [4.78, 5) is 0. The van der Waals surface area contributed by atoms with Crippen molar-refractivity contribution in [2.75, 3.05) is 6.61 Å². The first kappa shape index (κ1) is 11.6. The minimum absolute atomic E-state index is 0.240. The zero-order chi connectivity index (χ0) is 12.5. The summed E-state index contributed by atoms with van der Waals surface area (Å²) in [7, 11) is 1.88. The van der Waals surface area contributed by atoms with Gasteiger partial charge >= 0.3 is 0 Å². The van der Waals surface area contributed by atoms with Gasteiger partial charge in [-0.25, -0.2) is 0 Å². The standard InChI is InChI=1S/C11H15N5OS/c1-15-6-8(5-12-15)10-13-14-11(18)16(10)7-9-3-2-4-17-9/h5-6,9H,2-4,7H2,1H3,(H,14,18). The van der Waals surface area contributed by atoms with Crippen LogP contribution in [0.2, 0.25) is 0 Å². The lowest BCUT2D eigenvalue weighted by molar-refractivity contribution is 0.0970. The van der Waals surface area contributed by atoms with Crippen LogP contribution in [0.4, 0.5) is 0 Å². The van der Waals surface area contributed by atoms with Gasteiger partial charge in [-0.1, -0.05) is 0 Å². The van der Waals surface area contributed by atoms with Gasteiger partial charge in [-0.05, 0) is 25.1 Å². The van der Waals surface area contributed by atoms with Crippen molar-refractivity contribution in [3.63, 3.8) is 0 Å². The summed E-state index contributed by atoms with van der Waals surface area (Å²) >= 11 is 5.28. The number of hydrogen-bond acceptors (Lipinski definition) is 4. The lowest BCUT2D eigenvalue weighted by atomic mass is 10.2. The van der Waals surface area contributed by atoms with Crippen LogP contribution in [0.15, 0.2) is 12.4 Å². The van der Waals surface area contributed by atoms with E-state index in [0.717, 1.165) is 37.4 Å². The van der Waals surface area contributed by atoms with Crippen LogP contribution in [-0.2, 0) is 18.3 Å². The van der Waals surface area contributed by atoms with E-state index in [2.05, 4.69) is 15.3 Å². The van der Waals surface area contributed by atoms with E-state index >= 15 is 0 Å². The highest BCUT2D eigenvalue weighted by atomic mass is 32.1. The molecule has 1 aliphatic heterocycles. The van der Waals surface area contributed by atoms with Crippen LogP contribution < -0.4 is 0 Å². The molecule has 3 rings (SSSR count).